The lowest BCUT2D eigenvalue weighted by Crippen LogP contribution is -2.07. The van der Waals surface area contributed by atoms with Gasteiger partial charge in [0.15, 0.2) is 21.7 Å². The molecule has 0 bridgehead atoms. The molecule has 0 saturated carbocycles. The second kappa shape index (κ2) is 4.05. The van der Waals surface area contributed by atoms with Crippen molar-refractivity contribution in [3.63, 3.8) is 0 Å². The standard InChI is InChI=1S/C10H4BrFO4/c11-16-10(14)9-4-7(13)6-3-5(12)1-2-8(6)15-9/h1-4H. The average molecular weight is 287 g/mol. The molecule has 6 heteroatoms. The van der Waals surface area contributed by atoms with Gasteiger partial charge in [0.25, 0.3) is 0 Å². The summed E-state index contributed by atoms with van der Waals surface area (Å²) < 4.78 is 22.2. The van der Waals surface area contributed by atoms with Crippen LogP contribution in [-0.4, -0.2) is 5.97 Å². The van der Waals surface area contributed by atoms with Crippen molar-refractivity contribution in [2.24, 2.45) is 0 Å². The second-order valence-electron chi connectivity index (χ2n) is 2.98. The van der Waals surface area contributed by atoms with Crippen molar-refractivity contribution in [1.29, 1.82) is 0 Å². The van der Waals surface area contributed by atoms with E-state index in [-0.39, 0.29) is 16.7 Å². The van der Waals surface area contributed by atoms with Crippen LogP contribution in [0.5, 0.6) is 0 Å². The third-order valence-electron chi connectivity index (χ3n) is 1.96. The molecule has 2 aromatic rings. The second-order valence-corrected chi connectivity index (χ2v) is 3.30. The smallest absolute Gasteiger partial charge is 0.385 e. The van der Waals surface area contributed by atoms with Crippen molar-refractivity contribution in [2.75, 3.05) is 0 Å². The highest BCUT2D eigenvalue weighted by Gasteiger charge is 2.13. The molecule has 0 aliphatic heterocycles. The third-order valence-corrected chi connectivity index (χ3v) is 2.25. The van der Waals surface area contributed by atoms with Crippen LogP contribution in [0, 0.1) is 5.82 Å². The molecule has 0 radical (unpaired) electrons. The molecule has 0 aliphatic rings. The van der Waals surface area contributed by atoms with E-state index in [1.54, 1.807) is 0 Å². The van der Waals surface area contributed by atoms with Crippen LogP contribution in [0.2, 0.25) is 0 Å². The maximum atomic E-state index is 12.9. The Morgan fingerprint density at radius 3 is 2.81 bits per heavy atom. The van der Waals surface area contributed by atoms with E-state index in [9.17, 15) is 14.0 Å². The van der Waals surface area contributed by atoms with Crippen molar-refractivity contribution in [3.8, 4) is 0 Å². The summed E-state index contributed by atoms with van der Waals surface area (Å²) in [5.41, 5.74) is -0.379. The first-order valence-corrected chi connectivity index (χ1v) is 4.83. The van der Waals surface area contributed by atoms with Gasteiger partial charge in [0, 0.05) is 6.07 Å². The van der Waals surface area contributed by atoms with Crippen LogP contribution in [0.15, 0.2) is 33.5 Å². The monoisotopic (exact) mass is 286 g/mol. The van der Waals surface area contributed by atoms with Crippen molar-refractivity contribution in [1.82, 2.24) is 0 Å². The van der Waals surface area contributed by atoms with Gasteiger partial charge < -0.3 is 8.25 Å². The average Bonchev–Trinajstić information content (AvgIpc) is 2.28. The fraction of sp³-hybridized carbons (Fsp3) is 0. The van der Waals surface area contributed by atoms with Gasteiger partial charge in [-0.05, 0) is 18.2 Å². The Bertz CT molecular complexity index is 620. The number of fused-ring (bicyclic) bond motifs is 1. The van der Waals surface area contributed by atoms with Gasteiger partial charge in [-0.1, -0.05) is 0 Å². The van der Waals surface area contributed by atoms with Crippen LogP contribution in [0.3, 0.4) is 0 Å². The van der Waals surface area contributed by atoms with E-state index in [0.29, 0.717) is 0 Å². The molecule has 0 fully saturated rings. The van der Waals surface area contributed by atoms with Crippen molar-refractivity contribution < 1.29 is 17.4 Å². The van der Waals surface area contributed by atoms with Crippen LogP contribution < -0.4 is 5.43 Å². The molecule has 0 unspecified atom stereocenters. The zero-order chi connectivity index (χ0) is 11.7. The number of halogens is 2. The van der Waals surface area contributed by atoms with Gasteiger partial charge in [-0.3, -0.25) is 4.79 Å². The van der Waals surface area contributed by atoms with Gasteiger partial charge in [0.1, 0.15) is 11.4 Å². The van der Waals surface area contributed by atoms with E-state index in [1.807, 2.05) is 0 Å². The van der Waals surface area contributed by atoms with Crippen LogP contribution in [0.25, 0.3) is 11.0 Å². The SMILES string of the molecule is O=C(OBr)c1cc(=O)c2cc(F)ccc2o1. The Hall–Kier alpha value is -1.69. The molecule has 0 N–H and O–H groups in total. The molecule has 16 heavy (non-hydrogen) atoms. The van der Waals surface area contributed by atoms with Crippen LogP contribution >= 0.6 is 16.3 Å². The summed E-state index contributed by atoms with van der Waals surface area (Å²) in [6.07, 6.45) is 0. The van der Waals surface area contributed by atoms with Crippen molar-refractivity contribution >= 4 is 33.2 Å². The molecule has 0 amide bonds. The van der Waals surface area contributed by atoms with Gasteiger partial charge in [-0.2, -0.15) is 0 Å². The van der Waals surface area contributed by atoms with Gasteiger partial charge >= 0.3 is 5.97 Å². The van der Waals surface area contributed by atoms with Gasteiger partial charge in [0.2, 0.25) is 5.76 Å². The highest BCUT2D eigenvalue weighted by atomic mass is 79.9. The Morgan fingerprint density at radius 2 is 2.12 bits per heavy atom. The Labute approximate surface area is 97.1 Å². The van der Waals surface area contributed by atoms with E-state index >= 15 is 0 Å². The Balaban J connectivity index is 2.73. The number of hydrogen-bond acceptors (Lipinski definition) is 4. The molecule has 82 valence electrons. The zero-order valence-electron chi connectivity index (χ0n) is 7.70. The van der Waals surface area contributed by atoms with Crippen LogP contribution in [-0.2, 0) is 3.83 Å². The summed E-state index contributed by atoms with van der Waals surface area (Å²) in [5, 5.41) is 0.0751. The summed E-state index contributed by atoms with van der Waals surface area (Å²) in [6.45, 7) is 0. The molecule has 1 aromatic carbocycles. The van der Waals surface area contributed by atoms with Crippen LogP contribution in [0.1, 0.15) is 10.6 Å². The van der Waals surface area contributed by atoms with Gasteiger partial charge in [-0.15, -0.1) is 0 Å². The molecule has 2 rings (SSSR count). The first-order chi connectivity index (χ1) is 7.61. The topological polar surface area (TPSA) is 56.5 Å². The van der Waals surface area contributed by atoms with E-state index in [1.165, 1.54) is 6.07 Å². The quantitative estimate of drug-likeness (QED) is 0.808. The Kier molecular flexibility index (Phi) is 2.74. The minimum Gasteiger partial charge on any atom is -0.449 e. The summed E-state index contributed by atoms with van der Waals surface area (Å²) >= 11 is 2.48. The first kappa shape index (κ1) is 10.8. The lowest BCUT2D eigenvalue weighted by molar-refractivity contribution is 0.0750. The first-order valence-electron chi connectivity index (χ1n) is 4.18. The minimum atomic E-state index is -0.830. The molecular weight excluding hydrogens is 283 g/mol. The molecule has 1 heterocycles. The number of carbonyl (C=O) groups excluding carboxylic acids is 1. The summed E-state index contributed by atoms with van der Waals surface area (Å²) in [6, 6.07) is 4.40. The fourth-order valence-electron chi connectivity index (χ4n) is 1.27. The maximum Gasteiger partial charge on any atom is 0.385 e. The Morgan fingerprint density at radius 1 is 1.38 bits per heavy atom. The van der Waals surface area contributed by atoms with Crippen LogP contribution in [0.4, 0.5) is 4.39 Å². The predicted octanol–water partition coefficient (Wildman–Crippen LogP) is 2.40. The van der Waals surface area contributed by atoms with Crippen molar-refractivity contribution in [2.45, 2.75) is 0 Å². The normalized spacial score (nSPS) is 10.4. The number of benzene rings is 1. The minimum absolute atomic E-state index is 0.0751. The summed E-state index contributed by atoms with van der Waals surface area (Å²) in [7, 11) is 0. The highest BCUT2D eigenvalue weighted by molar-refractivity contribution is 9.06. The van der Waals surface area contributed by atoms with E-state index in [0.717, 1.165) is 18.2 Å². The largest absolute Gasteiger partial charge is 0.449 e. The lowest BCUT2D eigenvalue weighted by atomic mass is 10.2. The highest BCUT2D eigenvalue weighted by Crippen LogP contribution is 2.14. The van der Waals surface area contributed by atoms with E-state index in [4.69, 9.17) is 4.42 Å². The maximum absolute atomic E-state index is 12.9. The molecule has 0 spiro atoms. The van der Waals surface area contributed by atoms with Gasteiger partial charge in [0.05, 0.1) is 5.39 Å². The van der Waals surface area contributed by atoms with E-state index < -0.39 is 17.2 Å². The van der Waals surface area contributed by atoms with Crippen molar-refractivity contribution in [3.05, 3.63) is 46.1 Å². The number of carbonyl (C=O) groups is 1. The molecule has 0 aliphatic carbocycles. The molecule has 0 saturated heterocycles. The summed E-state index contributed by atoms with van der Waals surface area (Å²) in [5.74, 6) is -1.63. The van der Waals surface area contributed by atoms with Gasteiger partial charge in [-0.25, -0.2) is 9.18 Å². The third kappa shape index (κ3) is 1.83. The van der Waals surface area contributed by atoms with E-state index in [2.05, 4.69) is 20.1 Å². The predicted molar refractivity (Wildman–Crippen MR) is 56.8 cm³/mol. The summed E-state index contributed by atoms with van der Waals surface area (Å²) in [4.78, 5) is 22.6. The molecule has 4 nitrogen and oxygen atoms in total. The zero-order valence-corrected chi connectivity index (χ0v) is 9.28. The fourth-order valence-corrected chi connectivity index (χ4v) is 1.43. The number of hydrogen-bond donors (Lipinski definition) is 0. The molecule has 1 aromatic heterocycles. The molecular formula is C10H4BrFO4. The lowest BCUT2D eigenvalue weighted by Gasteiger charge is -1.99. The number of rotatable bonds is 1. The molecule has 0 atom stereocenters.